The first-order valence-electron chi connectivity index (χ1n) is 13.3. The van der Waals surface area contributed by atoms with Gasteiger partial charge in [0.2, 0.25) is 6.41 Å². The molecule has 3 aliphatic rings. The highest BCUT2D eigenvalue weighted by Gasteiger charge is 2.36. The second-order valence-electron chi connectivity index (χ2n) is 10.5. The highest BCUT2D eigenvalue weighted by atomic mass is 35.5. The number of hydrogen-bond acceptors (Lipinski definition) is 6. The fraction of sp³-hybridized carbons (Fsp3) is 0.448. The van der Waals surface area contributed by atoms with Gasteiger partial charge in [0.25, 0.3) is 6.43 Å². The van der Waals surface area contributed by atoms with Crippen molar-refractivity contribution < 1.29 is 23.0 Å². The molecule has 3 aliphatic heterocycles. The Morgan fingerprint density at radius 3 is 2.40 bits per heavy atom. The summed E-state index contributed by atoms with van der Waals surface area (Å²) >= 11 is 6.05. The summed E-state index contributed by atoms with van der Waals surface area (Å²) in [6, 6.07) is 11.4. The Labute approximate surface area is 237 Å². The number of nitrogens with one attached hydrogen (secondary N) is 2. The number of fused-ring (bicyclic) bond motifs is 2. The highest BCUT2D eigenvalue weighted by Crippen LogP contribution is 2.42. The SMILES string of the molecule is COc1ccc(C2CC(C(F)F)n3nc(-c4ccc(Cl)cc4C)cc3N2)cc1OC.O=CN1CC2CNCC2C1. The van der Waals surface area contributed by atoms with Gasteiger partial charge < -0.3 is 25.0 Å². The number of aromatic nitrogens is 2. The summed E-state index contributed by atoms with van der Waals surface area (Å²) in [5.41, 5.74) is 3.27. The molecule has 1 amide bonds. The van der Waals surface area contributed by atoms with Crippen LogP contribution in [0.15, 0.2) is 42.5 Å². The summed E-state index contributed by atoms with van der Waals surface area (Å²) in [5.74, 6) is 3.18. The maximum Gasteiger partial charge on any atom is 0.260 e. The topological polar surface area (TPSA) is 80.6 Å². The predicted octanol–water partition coefficient (Wildman–Crippen LogP) is 5.19. The molecule has 2 saturated heterocycles. The molecular weight excluding hydrogens is 540 g/mol. The summed E-state index contributed by atoms with van der Waals surface area (Å²) in [5, 5.41) is 11.8. The molecule has 0 saturated carbocycles. The Bertz CT molecular complexity index is 1340. The van der Waals surface area contributed by atoms with Crippen LogP contribution in [0.1, 0.15) is 29.6 Å². The van der Waals surface area contributed by atoms with Gasteiger partial charge in [0.1, 0.15) is 11.9 Å². The van der Waals surface area contributed by atoms with Crippen molar-refractivity contribution in [1.82, 2.24) is 20.0 Å². The van der Waals surface area contributed by atoms with Gasteiger partial charge in [-0.1, -0.05) is 23.7 Å². The first-order valence-corrected chi connectivity index (χ1v) is 13.7. The number of ether oxygens (including phenoxy) is 2. The molecular formula is C29H34ClF2N5O3. The van der Waals surface area contributed by atoms with E-state index in [2.05, 4.69) is 15.7 Å². The maximum atomic E-state index is 13.9. The fourth-order valence-electron chi connectivity index (χ4n) is 5.86. The molecule has 2 aromatic carbocycles. The molecule has 4 unspecified atom stereocenters. The van der Waals surface area contributed by atoms with Crippen LogP contribution < -0.4 is 20.1 Å². The van der Waals surface area contributed by atoms with E-state index in [9.17, 15) is 13.6 Å². The van der Waals surface area contributed by atoms with Gasteiger partial charge in [-0.2, -0.15) is 5.10 Å². The minimum absolute atomic E-state index is 0.195. The molecule has 1 aromatic heterocycles. The van der Waals surface area contributed by atoms with Crippen LogP contribution in [0.3, 0.4) is 0 Å². The number of anilines is 1. The second kappa shape index (κ2) is 12.0. The van der Waals surface area contributed by atoms with Crippen LogP contribution in [-0.4, -0.2) is 67.9 Å². The first-order chi connectivity index (χ1) is 19.3. The number of carbonyl (C=O) groups is 1. The van der Waals surface area contributed by atoms with Gasteiger partial charge in [-0.3, -0.25) is 4.79 Å². The number of nitrogens with zero attached hydrogens (tertiary/aromatic N) is 3. The van der Waals surface area contributed by atoms with Crippen molar-refractivity contribution in [1.29, 1.82) is 0 Å². The largest absolute Gasteiger partial charge is 0.493 e. The number of carbonyl (C=O) groups excluding carboxylic acids is 1. The average Bonchev–Trinajstić information content (AvgIpc) is 3.67. The predicted molar refractivity (Wildman–Crippen MR) is 150 cm³/mol. The van der Waals surface area contributed by atoms with Crippen molar-refractivity contribution in [2.24, 2.45) is 11.8 Å². The highest BCUT2D eigenvalue weighted by molar-refractivity contribution is 6.30. The summed E-state index contributed by atoms with van der Waals surface area (Å²) in [4.78, 5) is 12.2. The van der Waals surface area contributed by atoms with Crippen molar-refractivity contribution in [2.75, 3.05) is 45.7 Å². The molecule has 0 spiro atoms. The molecule has 2 fully saturated rings. The van der Waals surface area contributed by atoms with Crippen molar-refractivity contribution in [3.05, 3.63) is 58.6 Å². The normalized spacial score (nSPS) is 23.1. The van der Waals surface area contributed by atoms with Gasteiger partial charge in [-0.25, -0.2) is 13.5 Å². The Morgan fingerprint density at radius 1 is 1.05 bits per heavy atom. The molecule has 214 valence electrons. The van der Waals surface area contributed by atoms with Gasteiger partial charge in [0.15, 0.2) is 11.5 Å². The van der Waals surface area contributed by atoms with E-state index < -0.39 is 12.5 Å². The monoisotopic (exact) mass is 573 g/mol. The Morgan fingerprint density at radius 2 is 1.77 bits per heavy atom. The van der Waals surface area contributed by atoms with E-state index in [0.29, 0.717) is 28.0 Å². The minimum Gasteiger partial charge on any atom is -0.493 e. The lowest BCUT2D eigenvalue weighted by Gasteiger charge is -2.32. The molecule has 8 nitrogen and oxygen atoms in total. The zero-order valence-electron chi connectivity index (χ0n) is 22.7. The quantitative estimate of drug-likeness (QED) is 0.395. The number of methoxy groups -OCH3 is 2. The van der Waals surface area contributed by atoms with Gasteiger partial charge in [-0.05, 0) is 60.6 Å². The third kappa shape index (κ3) is 5.74. The van der Waals surface area contributed by atoms with Gasteiger partial charge in [0, 0.05) is 42.8 Å². The van der Waals surface area contributed by atoms with Gasteiger partial charge in [-0.15, -0.1) is 0 Å². The number of alkyl halides is 2. The Kier molecular flexibility index (Phi) is 8.46. The number of likely N-dealkylation sites (tertiary alicyclic amines) is 1. The second-order valence-corrected chi connectivity index (χ2v) is 10.9. The number of hydrogen-bond donors (Lipinski definition) is 2. The van der Waals surface area contributed by atoms with E-state index in [0.717, 1.165) is 61.1 Å². The number of amides is 1. The number of benzene rings is 2. The van der Waals surface area contributed by atoms with E-state index in [1.807, 2.05) is 36.1 Å². The molecule has 4 heterocycles. The molecule has 3 aromatic rings. The van der Waals surface area contributed by atoms with Crippen molar-refractivity contribution in [3.63, 3.8) is 0 Å². The van der Waals surface area contributed by atoms with E-state index in [1.54, 1.807) is 32.4 Å². The smallest absolute Gasteiger partial charge is 0.260 e. The lowest BCUT2D eigenvalue weighted by atomic mass is 9.97. The molecule has 11 heteroatoms. The van der Waals surface area contributed by atoms with E-state index in [-0.39, 0.29) is 12.5 Å². The van der Waals surface area contributed by atoms with Crippen molar-refractivity contribution in [2.45, 2.75) is 31.9 Å². The summed E-state index contributed by atoms with van der Waals surface area (Å²) < 4.78 is 39.9. The molecule has 6 rings (SSSR count). The molecule has 0 bridgehead atoms. The molecule has 4 atom stereocenters. The van der Waals surface area contributed by atoms with E-state index >= 15 is 0 Å². The van der Waals surface area contributed by atoms with Crippen molar-refractivity contribution >= 4 is 23.8 Å². The van der Waals surface area contributed by atoms with Crippen LogP contribution in [0, 0.1) is 18.8 Å². The number of halogens is 3. The first kappa shape index (κ1) is 28.2. The molecule has 0 aliphatic carbocycles. The van der Waals surface area contributed by atoms with Crippen LogP contribution in [0.2, 0.25) is 5.02 Å². The van der Waals surface area contributed by atoms with Crippen LogP contribution in [-0.2, 0) is 4.79 Å². The lowest BCUT2D eigenvalue weighted by Crippen LogP contribution is -2.30. The Hall–Kier alpha value is -3.37. The number of rotatable bonds is 6. The van der Waals surface area contributed by atoms with Crippen LogP contribution >= 0.6 is 11.6 Å². The standard InChI is InChI=1S/C22H22ClF2N3O2.C7H12N2O/c1-12-8-14(23)5-6-15(12)17-11-21-26-16(10-18(22(24)25)28(21)27-17)13-4-7-19(29-2)20(9-13)30-3;10-5-9-3-6-1-8-2-7(6)4-9/h4-9,11,16,18,22,26H,10H2,1-3H3;5-8H,1-4H2. The zero-order chi connectivity index (χ0) is 28.4. The fourth-order valence-corrected chi connectivity index (χ4v) is 6.08. The third-order valence-corrected chi connectivity index (χ3v) is 8.22. The average molecular weight is 574 g/mol. The van der Waals surface area contributed by atoms with E-state index in [4.69, 9.17) is 21.1 Å². The van der Waals surface area contributed by atoms with Crippen LogP contribution in [0.4, 0.5) is 14.6 Å². The summed E-state index contributed by atoms with van der Waals surface area (Å²) in [7, 11) is 3.11. The van der Waals surface area contributed by atoms with E-state index in [1.165, 1.54) is 4.68 Å². The molecule has 2 N–H and O–H groups in total. The van der Waals surface area contributed by atoms with Crippen molar-refractivity contribution in [3.8, 4) is 22.8 Å². The maximum absolute atomic E-state index is 13.9. The summed E-state index contributed by atoms with van der Waals surface area (Å²) in [6.07, 6.45) is -1.38. The zero-order valence-corrected chi connectivity index (χ0v) is 23.5. The molecule has 40 heavy (non-hydrogen) atoms. The Balaban J connectivity index is 0.000000269. The minimum atomic E-state index is -2.55. The van der Waals surface area contributed by atoms with Crippen LogP contribution in [0.5, 0.6) is 11.5 Å². The molecule has 0 radical (unpaired) electrons. The van der Waals surface area contributed by atoms with Gasteiger partial charge >= 0.3 is 0 Å². The van der Waals surface area contributed by atoms with Crippen LogP contribution in [0.25, 0.3) is 11.3 Å². The van der Waals surface area contributed by atoms with Gasteiger partial charge in [0.05, 0.1) is 26.0 Å². The lowest BCUT2D eigenvalue weighted by molar-refractivity contribution is -0.117. The summed E-state index contributed by atoms with van der Waals surface area (Å²) in [6.45, 7) is 6.08. The number of aryl methyl sites for hydroxylation is 1. The third-order valence-electron chi connectivity index (χ3n) is 7.98.